The first-order valence-electron chi connectivity index (χ1n) is 7.74. The van der Waals surface area contributed by atoms with Gasteiger partial charge in [0.1, 0.15) is 16.3 Å². The molecule has 0 fully saturated rings. The molecule has 0 aliphatic heterocycles. The normalized spacial score (nSPS) is 12.8. The predicted octanol–water partition coefficient (Wildman–Crippen LogP) is 1.23. The van der Waals surface area contributed by atoms with Crippen molar-refractivity contribution in [3.8, 4) is 6.07 Å². The highest BCUT2D eigenvalue weighted by molar-refractivity contribution is 7.10. The summed E-state index contributed by atoms with van der Waals surface area (Å²) in [5.74, 6) is -1.84. The first-order valence-corrected chi connectivity index (χ1v) is 8.62. The summed E-state index contributed by atoms with van der Waals surface area (Å²) in [7, 11) is 1.41. The number of nitriles is 1. The van der Waals surface area contributed by atoms with Crippen molar-refractivity contribution in [3.63, 3.8) is 0 Å². The van der Waals surface area contributed by atoms with Gasteiger partial charge in [-0.1, -0.05) is 0 Å². The predicted molar refractivity (Wildman–Crippen MR) is 90.8 cm³/mol. The van der Waals surface area contributed by atoms with Gasteiger partial charge in [-0.25, -0.2) is 14.8 Å². The number of carbonyl (C=O) groups excluding carboxylic acids is 1. The molecule has 3 aromatic rings. The van der Waals surface area contributed by atoms with Crippen molar-refractivity contribution in [2.45, 2.75) is 24.9 Å². The van der Waals surface area contributed by atoms with Crippen molar-refractivity contribution in [2.75, 3.05) is 0 Å². The summed E-state index contributed by atoms with van der Waals surface area (Å²) < 4.78 is 39.1. The number of nitrogens with one attached hydrogen (secondary N) is 2. The second-order valence-corrected chi connectivity index (χ2v) is 6.69. The Kier molecular flexibility index (Phi) is 4.90. The number of halogens is 3. The van der Waals surface area contributed by atoms with Crippen molar-refractivity contribution >= 4 is 28.3 Å². The summed E-state index contributed by atoms with van der Waals surface area (Å²) in [4.78, 5) is 47.9. The second kappa shape index (κ2) is 7.04. The Morgan fingerprint density at radius 3 is 2.68 bits per heavy atom. The minimum Gasteiger partial charge on any atom is -0.336 e. The third-order valence-corrected chi connectivity index (χ3v) is 4.83. The van der Waals surface area contributed by atoms with Gasteiger partial charge in [0.15, 0.2) is 23.0 Å². The SMILES string of the molecule is Cn1c(=O)[nH]c(=O)c2[nH]c(CCC(=O)C(C#N)c3nc(C(F)(F)F)cs3)nc21. The number of alkyl halides is 3. The zero-order valence-corrected chi connectivity index (χ0v) is 14.9. The van der Waals surface area contributed by atoms with Crippen LogP contribution in [0.5, 0.6) is 0 Å². The molecule has 2 N–H and O–H groups in total. The van der Waals surface area contributed by atoms with Crippen LogP contribution in [0.2, 0.25) is 0 Å². The molecule has 0 bridgehead atoms. The van der Waals surface area contributed by atoms with Crippen molar-refractivity contribution in [2.24, 2.45) is 7.05 Å². The number of carbonyl (C=O) groups is 1. The fourth-order valence-corrected chi connectivity index (χ4v) is 3.36. The summed E-state index contributed by atoms with van der Waals surface area (Å²) in [5.41, 5.74) is -2.32. The highest BCUT2D eigenvalue weighted by Crippen LogP contribution is 2.32. The molecule has 13 heteroatoms. The van der Waals surface area contributed by atoms with Crippen LogP contribution < -0.4 is 11.2 Å². The average molecular weight is 412 g/mol. The number of aromatic nitrogens is 5. The first kappa shape index (κ1) is 19.5. The number of hydrogen-bond donors (Lipinski definition) is 2. The van der Waals surface area contributed by atoms with Crippen LogP contribution >= 0.6 is 11.3 Å². The van der Waals surface area contributed by atoms with Gasteiger partial charge in [0.2, 0.25) is 0 Å². The minimum atomic E-state index is -4.66. The largest absolute Gasteiger partial charge is 0.434 e. The van der Waals surface area contributed by atoms with E-state index in [4.69, 9.17) is 0 Å². The third kappa shape index (κ3) is 3.58. The van der Waals surface area contributed by atoms with Gasteiger partial charge >= 0.3 is 11.9 Å². The van der Waals surface area contributed by atoms with Crippen LogP contribution in [0, 0.1) is 11.3 Å². The van der Waals surface area contributed by atoms with Gasteiger partial charge in [-0.05, 0) is 0 Å². The Morgan fingerprint density at radius 1 is 1.36 bits per heavy atom. The summed E-state index contributed by atoms with van der Waals surface area (Å²) in [6.45, 7) is 0. The molecular weight excluding hydrogens is 401 g/mol. The Morgan fingerprint density at radius 2 is 2.07 bits per heavy atom. The number of H-pyrrole nitrogens is 2. The zero-order valence-electron chi connectivity index (χ0n) is 14.1. The van der Waals surface area contributed by atoms with Crippen LogP contribution in [0.25, 0.3) is 11.2 Å². The molecule has 0 radical (unpaired) electrons. The fourth-order valence-electron chi connectivity index (χ4n) is 2.47. The van der Waals surface area contributed by atoms with E-state index >= 15 is 0 Å². The topological polar surface area (TPSA) is 137 Å². The molecule has 1 atom stereocenters. The standard InChI is InChI=1S/C15H11F3N6O3S/c1-24-11-10(12(26)23-14(24)27)21-9(22-11)3-2-7(25)6(4-19)13-20-8(5-28-13)15(16,17)18/h5-6H,2-3H2,1H3,(H,21,22)(H,23,26,27). The molecule has 3 heterocycles. The quantitative estimate of drug-likeness (QED) is 0.647. The average Bonchev–Trinajstić information content (AvgIpc) is 3.26. The molecule has 0 amide bonds. The van der Waals surface area contributed by atoms with Crippen molar-refractivity contribution < 1.29 is 18.0 Å². The molecule has 28 heavy (non-hydrogen) atoms. The number of imidazole rings is 1. The minimum absolute atomic E-state index is 0.00315. The molecule has 0 saturated heterocycles. The molecule has 146 valence electrons. The van der Waals surface area contributed by atoms with Crippen LogP contribution in [0.4, 0.5) is 13.2 Å². The lowest BCUT2D eigenvalue weighted by molar-refractivity contribution is -0.141. The first-order chi connectivity index (χ1) is 13.1. The summed E-state index contributed by atoms with van der Waals surface area (Å²) in [5, 5.41) is 9.70. The lowest BCUT2D eigenvalue weighted by Crippen LogP contribution is -2.28. The number of fused-ring (bicyclic) bond motifs is 1. The van der Waals surface area contributed by atoms with Crippen molar-refractivity contribution in [3.05, 3.63) is 42.7 Å². The molecule has 0 aliphatic rings. The highest BCUT2D eigenvalue weighted by Gasteiger charge is 2.35. The number of thiazole rings is 1. The van der Waals surface area contributed by atoms with E-state index < -0.39 is 34.8 Å². The molecule has 0 saturated carbocycles. The molecule has 0 aromatic carbocycles. The van der Waals surface area contributed by atoms with E-state index in [0.29, 0.717) is 11.3 Å². The van der Waals surface area contributed by atoms with Gasteiger partial charge in [0.25, 0.3) is 5.56 Å². The monoisotopic (exact) mass is 412 g/mol. The maximum atomic E-state index is 12.6. The number of Topliss-reactive ketones (excluding diaryl/α,β-unsaturated/α-hetero) is 1. The van der Waals surface area contributed by atoms with Gasteiger partial charge in [0, 0.05) is 25.3 Å². The number of rotatable bonds is 5. The van der Waals surface area contributed by atoms with E-state index in [1.807, 2.05) is 0 Å². The molecule has 3 rings (SSSR count). The number of ketones is 1. The molecule has 0 aliphatic carbocycles. The van der Waals surface area contributed by atoms with E-state index in [2.05, 4.69) is 19.9 Å². The maximum absolute atomic E-state index is 12.6. The highest BCUT2D eigenvalue weighted by atomic mass is 32.1. The van der Waals surface area contributed by atoms with Crippen molar-refractivity contribution in [1.29, 1.82) is 5.26 Å². The summed E-state index contributed by atoms with van der Waals surface area (Å²) >= 11 is 0.587. The summed E-state index contributed by atoms with van der Waals surface area (Å²) in [6, 6.07) is 1.67. The summed E-state index contributed by atoms with van der Waals surface area (Å²) in [6.07, 6.45) is -4.88. The third-order valence-electron chi connectivity index (χ3n) is 3.92. The zero-order chi connectivity index (χ0) is 20.6. The number of aryl methyl sites for hydroxylation is 2. The number of nitrogens with zero attached hydrogens (tertiary/aromatic N) is 4. The van der Waals surface area contributed by atoms with Gasteiger partial charge < -0.3 is 4.98 Å². The van der Waals surface area contributed by atoms with Gasteiger partial charge in [-0.15, -0.1) is 11.3 Å². The maximum Gasteiger partial charge on any atom is 0.434 e. The van der Waals surface area contributed by atoms with Crippen LogP contribution in [-0.2, 0) is 24.4 Å². The van der Waals surface area contributed by atoms with Crippen LogP contribution in [0.1, 0.15) is 28.9 Å². The van der Waals surface area contributed by atoms with E-state index in [1.54, 1.807) is 6.07 Å². The van der Waals surface area contributed by atoms with Crippen molar-refractivity contribution in [1.82, 2.24) is 24.5 Å². The Hall–Kier alpha value is -3.27. The van der Waals surface area contributed by atoms with Crippen LogP contribution in [0.3, 0.4) is 0 Å². The lowest BCUT2D eigenvalue weighted by Gasteiger charge is -2.04. The molecule has 0 spiro atoms. The van der Waals surface area contributed by atoms with Gasteiger partial charge in [-0.2, -0.15) is 18.4 Å². The number of hydrogen-bond acceptors (Lipinski definition) is 7. The lowest BCUT2D eigenvalue weighted by atomic mass is 10.0. The fraction of sp³-hybridized carbons (Fsp3) is 0.333. The van der Waals surface area contributed by atoms with E-state index in [9.17, 15) is 32.8 Å². The molecular formula is C15H11F3N6O3S. The molecule has 1 unspecified atom stereocenters. The van der Waals surface area contributed by atoms with E-state index in [-0.39, 0.29) is 34.8 Å². The molecule has 9 nitrogen and oxygen atoms in total. The second-order valence-electron chi connectivity index (χ2n) is 5.80. The van der Waals surface area contributed by atoms with E-state index in [0.717, 1.165) is 9.95 Å². The van der Waals surface area contributed by atoms with E-state index in [1.165, 1.54) is 7.05 Å². The van der Waals surface area contributed by atoms with Crippen LogP contribution in [0.15, 0.2) is 15.0 Å². The Bertz CT molecular complexity index is 1210. The smallest absolute Gasteiger partial charge is 0.336 e. The molecule has 3 aromatic heterocycles. The Balaban J connectivity index is 1.78. The Labute approximate surface area is 157 Å². The van der Waals surface area contributed by atoms with Crippen LogP contribution in [-0.4, -0.2) is 30.3 Å². The van der Waals surface area contributed by atoms with Gasteiger partial charge in [-0.3, -0.25) is 19.1 Å². The number of aromatic amines is 2. The van der Waals surface area contributed by atoms with Gasteiger partial charge in [0.05, 0.1) is 6.07 Å².